The molecule has 1 saturated carbocycles. The minimum Gasteiger partial charge on any atom is -0.465 e. The summed E-state index contributed by atoms with van der Waals surface area (Å²) in [6.07, 6.45) is 4.61. The van der Waals surface area contributed by atoms with Gasteiger partial charge in [0.15, 0.2) is 0 Å². The first-order valence-corrected chi connectivity index (χ1v) is 8.03. The van der Waals surface area contributed by atoms with Gasteiger partial charge in [-0.2, -0.15) is 0 Å². The predicted molar refractivity (Wildman–Crippen MR) is 82.8 cm³/mol. The van der Waals surface area contributed by atoms with Crippen LogP contribution in [0, 0.1) is 5.92 Å². The van der Waals surface area contributed by atoms with Crippen LogP contribution in [0.4, 0.5) is 0 Å². The minimum atomic E-state index is -0.557. The van der Waals surface area contributed by atoms with Crippen molar-refractivity contribution in [2.75, 3.05) is 26.7 Å². The highest BCUT2D eigenvalue weighted by molar-refractivity contribution is 5.80. The quantitative estimate of drug-likeness (QED) is 0.626. The Morgan fingerprint density at radius 3 is 2.55 bits per heavy atom. The van der Waals surface area contributed by atoms with Crippen molar-refractivity contribution in [3.8, 4) is 0 Å². The lowest BCUT2D eigenvalue weighted by atomic mass is 9.96. The van der Waals surface area contributed by atoms with E-state index in [2.05, 4.69) is 24.1 Å². The SMILES string of the molecule is CCOC(=O)C(C)(CCCN(CC1CC1)C(C)C)NC. The van der Waals surface area contributed by atoms with E-state index in [0.29, 0.717) is 12.6 Å². The fourth-order valence-corrected chi connectivity index (χ4v) is 2.45. The van der Waals surface area contributed by atoms with Gasteiger partial charge in [0.05, 0.1) is 6.61 Å². The zero-order chi connectivity index (χ0) is 15.2. The molecule has 1 rings (SSSR count). The number of ether oxygens (including phenoxy) is 1. The summed E-state index contributed by atoms with van der Waals surface area (Å²) in [5.41, 5.74) is -0.557. The van der Waals surface area contributed by atoms with Crippen LogP contribution < -0.4 is 5.32 Å². The van der Waals surface area contributed by atoms with Crippen molar-refractivity contribution in [2.45, 2.75) is 65.0 Å². The van der Waals surface area contributed by atoms with Gasteiger partial charge in [-0.25, -0.2) is 0 Å². The Bertz CT molecular complexity index is 303. The van der Waals surface area contributed by atoms with Crippen molar-refractivity contribution in [3.05, 3.63) is 0 Å². The summed E-state index contributed by atoms with van der Waals surface area (Å²) in [5, 5.41) is 3.13. The minimum absolute atomic E-state index is 0.138. The molecule has 4 heteroatoms. The molecule has 0 aromatic carbocycles. The number of nitrogens with zero attached hydrogens (tertiary/aromatic N) is 1. The Balaban J connectivity index is 2.39. The van der Waals surface area contributed by atoms with E-state index in [9.17, 15) is 4.79 Å². The Hall–Kier alpha value is -0.610. The Morgan fingerprint density at radius 2 is 2.10 bits per heavy atom. The molecule has 1 aliphatic rings. The summed E-state index contributed by atoms with van der Waals surface area (Å²) in [5.74, 6) is 0.777. The fourth-order valence-electron chi connectivity index (χ4n) is 2.45. The zero-order valence-electron chi connectivity index (χ0n) is 13.9. The maximum absolute atomic E-state index is 12.0. The van der Waals surface area contributed by atoms with Gasteiger partial charge < -0.3 is 15.0 Å². The number of likely N-dealkylation sites (N-methyl/N-ethyl adjacent to an activating group) is 1. The van der Waals surface area contributed by atoms with Crippen molar-refractivity contribution < 1.29 is 9.53 Å². The highest BCUT2D eigenvalue weighted by atomic mass is 16.5. The van der Waals surface area contributed by atoms with Gasteiger partial charge in [0.1, 0.15) is 5.54 Å². The summed E-state index contributed by atoms with van der Waals surface area (Å²) in [6, 6.07) is 0.582. The second kappa shape index (κ2) is 7.99. The lowest BCUT2D eigenvalue weighted by Crippen LogP contribution is -2.49. The van der Waals surface area contributed by atoms with Gasteiger partial charge in [-0.05, 0) is 72.9 Å². The molecule has 1 aliphatic carbocycles. The van der Waals surface area contributed by atoms with E-state index in [-0.39, 0.29) is 5.97 Å². The molecule has 0 heterocycles. The van der Waals surface area contributed by atoms with Gasteiger partial charge in [-0.3, -0.25) is 4.79 Å². The van der Waals surface area contributed by atoms with E-state index >= 15 is 0 Å². The van der Waals surface area contributed by atoms with Gasteiger partial charge in [0.2, 0.25) is 0 Å². The zero-order valence-corrected chi connectivity index (χ0v) is 13.9. The van der Waals surface area contributed by atoms with Gasteiger partial charge in [-0.15, -0.1) is 0 Å². The number of esters is 1. The van der Waals surface area contributed by atoms with Gasteiger partial charge in [0, 0.05) is 12.6 Å². The van der Waals surface area contributed by atoms with Crippen molar-refractivity contribution in [1.29, 1.82) is 0 Å². The molecule has 118 valence electrons. The third-order valence-corrected chi connectivity index (χ3v) is 4.32. The van der Waals surface area contributed by atoms with Crippen molar-refractivity contribution in [1.82, 2.24) is 10.2 Å². The maximum atomic E-state index is 12.0. The predicted octanol–water partition coefficient (Wildman–Crippen LogP) is 2.43. The average molecular weight is 284 g/mol. The molecular formula is C16H32N2O2. The van der Waals surface area contributed by atoms with E-state index in [1.165, 1.54) is 19.4 Å². The van der Waals surface area contributed by atoms with E-state index in [4.69, 9.17) is 4.74 Å². The summed E-state index contributed by atoms with van der Waals surface area (Å²) >= 11 is 0. The van der Waals surface area contributed by atoms with E-state index in [1.807, 2.05) is 20.9 Å². The van der Waals surface area contributed by atoms with Gasteiger partial charge in [-0.1, -0.05) is 0 Å². The average Bonchev–Trinajstić information content (AvgIpc) is 3.21. The number of carbonyl (C=O) groups excluding carboxylic acids is 1. The summed E-state index contributed by atoms with van der Waals surface area (Å²) < 4.78 is 5.16. The first-order valence-electron chi connectivity index (χ1n) is 8.03. The lowest BCUT2D eigenvalue weighted by molar-refractivity contribution is -0.150. The number of carbonyl (C=O) groups is 1. The normalized spacial score (nSPS) is 18.4. The molecule has 0 amide bonds. The van der Waals surface area contributed by atoms with Crippen molar-refractivity contribution in [2.24, 2.45) is 5.92 Å². The monoisotopic (exact) mass is 284 g/mol. The van der Waals surface area contributed by atoms with Gasteiger partial charge >= 0.3 is 5.97 Å². The van der Waals surface area contributed by atoms with Crippen LogP contribution in [-0.2, 0) is 9.53 Å². The summed E-state index contributed by atoms with van der Waals surface area (Å²) in [4.78, 5) is 14.5. The third kappa shape index (κ3) is 5.41. The Kier molecular flexibility index (Phi) is 6.96. The highest BCUT2D eigenvalue weighted by Gasteiger charge is 2.33. The number of hydrogen-bond acceptors (Lipinski definition) is 4. The third-order valence-electron chi connectivity index (χ3n) is 4.32. The van der Waals surface area contributed by atoms with Crippen LogP contribution >= 0.6 is 0 Å². The van der Waals surface area contributed by atoms with Crippen LogP contribution in [0.5, 0.6) is 0 Å². The maximum Gasteiger partial charge on any atom is 0.326 e. The molecule has 20 heavy (non-hydrogen) atoms. The van der Waals surface area contributed by atoms with Crippen molar-refractivity contribution >= 4 is 5.97 Å². The molecule has 1 unspecified atom stereocenters. The molecule has 1 atom stereocenters. The largest absolute Gasteiger partial charge is 0.465 e. The molecule has 0 spiro atoms. The summed E-state index contributed by atoms with van der Waals surface area (Å²) in [6.45, 7) is 11.0. The fraction of sp³-hybridized carbons (Fsp3) is 0.938. The molecule has 0 bridgehead atoms. The van der Waals surface area contributed by atoms with E-state index in [1.54, 1.807) is 0 Å². The molecule has 4 nitrogen and oxygen atoms in total. The first-order chi connectivity index (χ1) is 9.42. The second-order valence-corrected chi connectivity index (χ2v) is 6.44. The second-order valence-electron chi connectivity index (χ2n) is 6.44. The number of hydrogen-bond donors (Lipinski definition) is 1. The van der Waals surface area contributed by atoms with Gasteiger partial charge in [0.25, 0.3) is 0 Å². The molecule has 0 aliphatic heterocycles. The van der Waals surface area contributed by atoms with Crippen LogP contribution in [0.1, 0.15) is 53.4 Å². The van der Waals surface area contributed by atoms with Crippen LogP contribution in [0.15, 0.2) is 0 Å². The molecule has 0 aromatic heterocycles. The Labute approximate surface area is 124 Å². The lowest BCUT2D eigenvalue weighted by Gasteiger charge is -2.30. The first kappa shape index (κ1) is 17.4. The molecule has 1 fully saturated rings. The van der Waals surface area contributed by atoms with E-state index < -0.39 is 5.54 Å². The number of nitrogens with one attached hydrogen (secondary N) is 1. The van der Waals surface area contributed by atoms with E-state index in [0.717, 1.165) is 25.3 Å². The van der Waals surface area contributed by atoms with Crippen LogP contribution in [0.3, 0.4) is 0 Å². The smallest absolute Gasteiger partial charge is 0.326 e. The number of rotatable bonds is 10. The summed E-state index contributed by atoms with van der Waals surface area (Å²) in [7, 11) is 1.83. The molecule has 0 aromatic rings. The molecule has 1 N–H and O–H groups in total. The van der Waals surface area contributed by atoms with Crippen LogP contribution in [0.2, 0.25) is 0 Å². The highest BCUT2D eigenvalue weighted by Crippen LogP contribution is 2.30. The Morgan fingerprint density at radius 1 is 1.45 bits per heavy atom. The molecule has 0 radical (unpaired) electrons. The molecular weight excluding hydrogens is 252 g/mol. The standard InChI is InChI=1S/C16H32N2O2/c1-6-20-15(19)16(4,17-5)10-7-11-18(13(2)3)12-14-8-9-14/h13-14,17H,6-12H2,1-5H3. The van der Waals surface area contributed by atoms with Crippen molar-refractivity contribution in [3.63, 3.8) is 0 Å². The molecule has 0 saturated heterocycles. The van der Waals surface area contributed by atoms with Crippen LogP contribution in [0.25, 0.3) is 0 Å². The van der Waals surface area contributed by atoms with Crippen LogP contribution in [-0.4, -0.2) is 49.2 Å². The topological polar surface area (TPSA) is 41.6 Å².